The lowest BCUT2D eigenvalue weighted by atomic mass is 9.44. The summed E-state index contributed by atoms with van der Waals surface area (Å²) in [6.45, 7) is 2.09. The molecule has 44 heavy (non-hydrogen) atoms. The van der Waals surface area contributed by atoms with Crippen molar-refractivity contribution >= 4 is 29.0 Å². The fourth-order valence-electron chi connectivity index (χ4n) is 8.53. The van der Waals surface area contributed by atoms with Crippen molar-refractivity contribution in [3.05, 3.63) is 113 Å². The Labute approximate surface area is 255 Å². The van der Waals surface area contributed by atoms with E-state index >= 15 is 0 Å². The maximum atomic E-state index is 15.0. The Morgan fingerprint density at radius 1 is 0.909 bits per heavy atom. The third-order valence-electron chi connectivity index (χ3n) is 10.3. The number of hydrogen-bond acceptors (Lipinski definition) is 6. The Bertz CT molecular complexity index is 1760. The summed E-state index contributed by atoms with van der Waals surface area (Å²) in [6.07, 6.45) is 4.15. The van der Waals surface area contributed by atoms with Gasteiger partial charge in [0.15, 0.2) is 11.6 Å². The Morgan fingerprint density at radius 2 is 1.61 bits per heavy atom. The number of hydrogen-bond donors (Lipinski definition) is 1. The molecule has 2 fully saturated rings. The third-order valence-corrected chi connectivity index (χ3v) is 10.3. The Balaban J connectivity index is 1.54. The Morgan fingerprint density at radius 3 is 2.30 bits per heavy atom. The first-order valence-corrected chi connectivity index (χ1v) is 15.2. The van der Waals surface area contributed by atoms with Gasteiger partial charge in [-0.2, -0.15) is 0 Å². The first kappa shape index (κ1) is 28.0. The lowest BCUT2D eigenvalue weighted by Gasteiger charge is -2.55. The average molecular weight is 588 g/mol. The van der Waals surface area contributed by atoms with Gasteiger partial charge in [-0.25, -0.2) is 0 Å². The van der Waals surface area contributed by atoms with Crippen LogP contribution in [0.5, 0.6) is 11.5 Å². The van der Waals surface area contributed by atoms with Crippen molar-refractivity contribution in [2.45, 2.75) is 31.1 Å². The number of carbonyl (C=O) groups is 4. The van der Waals surface area contributed by atoms with Gasteiger partial charge < -0.3 is 9.84 Å². The van der Waals surface area contributed by atoms with Gasteiger partial charge >= 0.3 is 0 Å². The predicted octanol–water partition coefficient (Wildman–Crippen LogP) is 5.25. The summed E-state index contributed by atoms with van der Waals surface area (Å²) >= 11 is 0. The number of nitrogens with zero attached hydrogens (tertiary/aromatic N) is 1. The zero-order valence-corrected chi connectivity index (χ0v) is 24.6. The number of benzene rings is 3. The van der Waals surface area contributed by atoms with Crippen molar-refractivity contribution in [3.8, 4) is 11.5 Å². The molecule has 0 spiro atoms. The van der Waals surface area contributed by atoms with Crippen molar-refractivity contribution in [3.63, 3.8) is 0 Å². The fraction of sp³-hybridized carbons (Fsp3) is 0.297. The van der Waals surface area contributed by atoms with Crippen molar-refractivity contribution in [1.29, 1.82) is 0 Å². The normalized spacial score (nSPS) is 29.4. The molecule has 7 heteroatoms. The van der Waals surface area contributed by atoms with Crippen molar-refractivity contribution in [1.82, 2.24) is 4.90 Å². The van der Waals surface area contributed by atoms with Crippen LogP contribution in [0.15, 0.2) is 96.6 Å². The van der Waals surface area contributed by atoms with Gasteiger partial charge in [-0.3, -0.25) is 24.1 Å². The monoisotopic (exact) mass is 587 g/mol. The number of methoxy groups -OCH3 is 1. The van der Waals surface area contributed by atoms with Crippen LogP contribution in [0.4, 0.5) is 0 Å². The van der Waals surface area contributed by atoms with Gasteiger partial charge in [-0.1, -0.05) is 78.4 Å². The number of Topliss-reactive ketones (excluding diaryl/α,β-unsaturated/α-hetero) is 1. The largest absolute Gasteiger partial charge is 0.508 e. The van der Waals surface area contributed by atoms with Crippen LogP contribution in [0.25, 0.3) is 5.57 Å². The first-order chi connectivity index (χ1) is 21.3. The summed E-state index contributed by atoms with van der Waals surface area (Å²) in [6, 6.07) is 23.4. The van der Waals surface area contributed by atoms with Crippen LogP contribution in [-0.4, -0.2) is 47.0 Å². The number of phenols is 1. The molecule has 0 unspecified atom stereocenters. The molecule has 2 amide bonds. The van der Waals surface area contributed by atoms with Gasteiger partial charge in [0.2, 0.25) is 11.8 Å². The minimum atomic E-state index is -1.34. The molecule has 1 heterocycles. The van der Waals surface area contributed by atoms with Crippen LogP contribution in [0.2, 0.25) is 0 Å². The Hall–Kier alpha value is -4.78. The number of allylic oxidation sites excluding steroid dienone is 4. The number of fused-ring (bicyclic) bond motifs is 4. The molecule has 1 saturated heterocycles. The zero-order valence-electron chi connectivity index (χ0n) is 24.6. The van der Waals surface area contributed by atoms with Crippen LogP contribution < -0.4 is 4.74 Å². The van der Waals surface area contributed by atoms with E-state index < -0.39 is 35.0 Å². The third kappa shape index (κ3) is 3.81. The highest BCUT2D eigenvalue weighted by Gasteiger charge is 2.66. The van der Waals surface area contributed by atoms with Gasteiger partial charge in [0.05, 0.1) is 24.4 Å². The highest BCUT2D eigenvalue weighted by Crippen LogP contribution is 2.64. The quantitative estimate of drug-likeness (QED) is 0.324. The van der Waals surface area contributed by atoms with Crippen LogP contribution in [0, 0.1) is 23.7 Å². The molecule has 3 aliphatic carbocycles. The molecule has 6 atom stereocenters. The smallest absolute Gasteiger partial charge is 0.233 e. The second kappa shape index (κ2) is 10.4. The minimum Gasteiger partial charge on any atom is -0.508 e. The van der Waals surface area contributed by atoms with Crippen LogP contribution >= 0.6 is 0 Å². The number of ketones is 2. The van der Waals surface area contributed by atoms with Gasteiger partial charge in [0.1, 0.15) is 11.5 Å². The molecule has 3 aromatic rings. The maximum Gasteiger partial charge on any atom is 0.233 e. The molecule has 7 nitrogen and oxygen atoms in total. The van der Waals surface area contributed by atoms with Crippen molar-refractivity contribution < 1.29 is 29.0 Å². The molecule has 1 aliphatic heterocycles. The van der Waals surface area contributed by atoms with Crippen LogP contribution in [0.3, 0.4) is 0 Å². The van der Waals surface area contributed by atoms with E-state index in [2.05, 4.69) is 0 Å². The molecular formula is C37H33NO6. The number of carbonyl (C=O) groups excluding carboxylic acids is 4. The van der Waals surface area contributed by atoms with Gasteiger partial charge in [0, 0.05) is 35.6 Å². The van der Waals surface area contributed by atoms with Crippen molar-refractivity contribution in [2.75, 3.05) is 13.7 Å². The van der Waals surface area contributed by atoms with Gasteiger partial charge in [-0.05, 0) is 49.0 Å². The van der Waals surface area contributed by atoms with E-state index in [0.717, 1.165) is 5.57 Å². The molecular weight excluding hydrogens is 554 g/mol. The molecule has 7 rings (SSSR count). The van der Waals surface area contributed by atoms with E-state index in [9.17, 15) is 24.3 Å². The number of aromatic hydroxyl groups is 1. The van der Waals surface area contributed by atoms with Crippen LogP contribution in [0.1, 0.15) is 42.4 Å². The van der Waals surface area contributed by atoms with E-state index in [1.807, 2.05) is 66.7 Å². The highest BCUT2D eigenvalue weighted by molar-refractivity contribution is 6.31. The van der Waals surface area contributed by atoms with Crippen molar-refractivity contribution in [2.24, 2.45) is 23.7 Å². The molecule has 0 aromatic heterocycles. The van der Waals surface area contributed by atoms with E-state index in [0.29, 0.717) is 34.4 Å². The SMILES string of the molecule is CCN1C(=O)[C@H]2[C@H](CC=C3[C@H]2C[C@H]2C(=O)C(c4ccccc4)=CC(=O)[C@@]2(c2ccccc2)[C@H]3c2ccc(O)cc2OC)C1=O. The zero-order chi connectivity index (χ0) is 30.7. The molecule has 4 aliphatic rings. The number of ether oxygens (including phenoxy) is 1. The number of phenolic OH excluding ortho intramolecular Hbond substituents is 1. The summed E-state index contributed by atoms with van der Waals surface area (Å²) in [5.74, 6) is -3.40. The lowest BCUT2D eigenvalue weighted by molar-refractivity contribution is -0.140. The molecule has 0 bridgehead atoms. The lowest BCUT2D eigenvalue weighted by Crippen LogP contribution is -2.58. The van der Waals surface area contributed by atoms with E-state index in [-0.39, 0.29) is 42.1 Å². The second-order valence-corrected chi connectivity index (χ2v) is 12.1. The summed E-state index contributed by atoms with van der Waals surface area (Å²) in [7, 11) is 1.51. The predicted molar refractivity (Wildman–Crippen MR) is 164 cm³/mol. The van der Waals surface area contributed by atoms with E-state index in [1.54, 1.807) is 19.1 Å². The molecule has 1 N–H and O–H groups in total. The summed E-state index contributed by atoms with van der Waals surface area (Å²) in [5, 5.41) is 10.4. The number of amides is 2. The topological polar surface area (TPSA) is 101 Å². The fourth-order valence-corrected chi connectivity index (χ4v) is 8.53. The molecule has 1 saturated carbocycles. The van der Waals surface area contributed by atoms with E-state index in [1.165, 1.54) is 24.2 Å². The molecule has 0 radical (unpaired) electrons. The van der Waals surface area contributed by atoms with Gasteiger partial charge in [-0.15, -0.1) is 0 Å². The molecule has 222 valence electrons. The molecule has 3 aromatic carbocycles. The number of rotatable bonds is 5. The van der Waals surface area contributed by atoms with Gasteiger partial charge in [0.25, 0.3) is 0 Å². The standard InChI is InChI=1S/C37H33NO6/c1-3-38-35(42)26-17-16-24-28(32(26)36(38)43)19-29-34(41)27(21-10-6-4-7-11-21)20-31(40)37(29,22-12-8-5-9-13-22)33(24)25-15-14-23(39)18-30(25)44-2/h4-16,18,20,26,28-29,32-33,39H,3,17,19H2,1-2H3/t26-,28+,29-,32-,33+,37-/m0/s1. The average Bonchev–Trinajstić information content (AvgIpc) is 3.31. The second-order valence-electron chi connectivity index (χ2n) is 12.1. The Kier molecular flexibility index (Phi) is 6.65. The summed E-state index contributed by atoms with van der Waals surface area (Å²) < 4.78 is 5.80. The number of imide groups is 1. The van der Waals surface area contributed by atoms with E-state index in [4.69, 9.17) is 4.74 Å². The maximum absolute atomic E-state index is 15.0. The minimum absolute atomic E-state index is 0.00780. The first-order valence-electron chi connectivity index (χ1n) is 15.2. The number of likely N-dealkylation sites (tertiary alicyclic amines) is 1. The summed E-state index contributed by atoms with van der Waals surface area (Å²) in [5.41, 5.74) is 1.90. The summed E-state index contributed by atoms with van der Waals surface area (Å²) in [4.78, 5) is 58.3. The van der Waals surface area contributed by atoms with Crippen LogP contribution in [-0.2, 0) is 24.6 Å². The highest BCUT2D eigenvalue weighted by atomic mass is 16.5.